The van der Waals surface area contributed by atoms with Crippen molar-refractivity contribution in [3.8, 4) is 5.69 Å². The third-order valence-corrected chi connectivity index (χ3v) is 6.08. The average Bonchev–Trinajstić information content (AvgIpc) is 3.14. The van der Waals surface area contributed by atoms with Crippen LogP contribution in [0.1, 0.15) is 17.0 Å². The summed E-state index contributed by atoms with van der Waals surface area (Å²) in [4.78, 5) is 25.9. The number of carbonyl (C=O) groups excluding carboxylic acids is 1. The first kappa shape index (κ1) is 20.7. The Morgan fingerprint density at radius 1 is 0.848 bits per heavy atom. The second-order valence-corrected chi connectivity index (χ2v) is 8.12. The number of hydrogen-bond donors (Lipinski definition) is 1. The number of hydrogen-bond acceptors (Lipinski definition) is 3. The SMILES string of the molecule is Cc1nn(-c2ccccc2)c(C)c1CNC(=O)Cn1c2ccccc2c(=O)c2ccccc21. The fourth-order valence-corrected chi connectivity index (χ4v) is 4.39. The molecule has 1 amide bonds. The van der Waals surface area contributed by atoms with Gasteiger partial charge in [-0.05, 0) is 50.2 Å². The van der Waals surface area contributed by atoms with E-state index in [-0.39, 0.29) is 17.9 Å². The summed E-state index contributed by atoms with van der Waals surface area (Å²) in [6.07, 6.45) is 0. The second-order valence-electron chi connectivity index (χ2n) is 8.12. The van der Waals surface area contributed by atoms with Gasteiger partial charge >= 0.3 is 0 Å². The zero-order chi connectivity index (χ0) is 22.9. The third kappa shape index (κ3) is 3.69. The molecule has 0 unspecified atom stereocenters. The molecule has 6 nitrogen and oxygen atoms in total. The lowest BCUT2D eigenvalue weighted by atomic mass is 10.1. The Labute approximate surface area is 191 Å². The molecule has 2 aromatic heterocycles. The summed E-state index contributed by atoms with van der Waals surface area (Å²) in [5, 5.41) is 8.93. The van der Waals surface area contributed by atoms with Crippen molar-refractivity contribution in [1.82, 2.24) is 19.7 Å². The first-order valence-corrected chi connectivity index (χ1v) is 10.9. The Bertz CT molecular complexity index is 1490. The molecule has 0 saturated carbocycles. The van der Waals surface area contributed by atoms with Crippen LogP contribution in [0.25, 0.3) is 27.5 Å². The number of rotatable bonds is 5. The predicted octanol–water partition coefficient (Wildman–Crippen LogP) is 4.27. The van der Waals surface area contributed by atoms with Crippen LogP contribution in [0.3, 0.4) is 0 Å². The summed E-state index contributed by atoms with van der Waals surface area (Å²) in [6.45, 7) is 4.47. The maximum Gasteiger partial charge on any atom is 0.240 e. The summed E-state index contributed by atoms with van der Waals surface area (Å²) in [5.41, 5.74) is 5.36. The zero-order valence-corrected chi connectivity index (χ0v) is 18.6. The van der Waals surface area contributed by atoms with E-state index in [0.29, 0.717) is 17.3 Å². The zero-order valence-electron chi connectivity index (χ0n) is 18.6. The summed E-state index contributed by atoms with van der Waals surface area (Å²) in [7, 11) is 0. The van der Waals surface area contributed by atoms with E-state index < -0.39 is 0 Å². The normalized spacial score (nSPS) is 11.2. The van der Waals surface area contributed by atoms with Crippen molar-refractivity contribution in [3.05, 3.63) is 106 Å². The van der Waals surface area contributed by atoms with Gasteiger partial charge in [-0.15, -0.1) is 0 Å². The molecule has 3 aromatic carbocycles. The minimum absolute atomic E-state index is 0.0163. The van der Waals surface area contributed by atoms with Crippen LogP contribution in [0.15, 0.2) is 83.7 Å². The van der Waals surface area contributed by atoms with Crippen molar-refractivity contribution in [1.29, 1.82) is 0 Å². The number of aryl methyl sites for hydroxylation is 1. The fourth-order valence-electron chi connectivity index (χ4n) is 4.39. The van der Waals surface area contributed by atoms with Crippen LogP contribution in [0, 0.1) is 13.8 Å². The molecule has 0 saturated heterocycles. The highest BCUT2D eigenvalue weighted by Gasteiger charge is 2.16. The molecule has 0 fully saturated rings. The van der Waals surface area contributed by atoms with E-state index in [1.54, 1.807) is 0 Å². The van der Waals surface area contributed by atoms with E-state index in [0.717, 1.165) is 33.7 Å². The molecule has 0 aliphatic rings. The minimum Gasteiger partial charge on any atom is -0.350 e. The van der Waals surface area contributed by atoms with Crippen LogP contribution in [0.4, 0.5) is 0 Å². The molecule has 5 rings (SSSR count). The Morgan fingerprint density at radius 2 is 1.42 bits per heavy atom. The van der Waals surface area contributed by atoms with Crippen LogP contribution in [0.5, 0.6) is 0 Å². The van der Waals surface area contributed by atoms with Gasteiger partial charge in [-0.3, -0.25) is 9.59 Å². The Morgan fingerprint density at radius 3 is 2.06 bits per heavy atom. The minimum atomic E-state index is -0.125. The molecule has 5 aromatic rings. The van der Waals surface area contributed by atoms with Crippen LogP contribution < -0.4 is 10.7 Å². The Kier molecular flexibility index (Phi) is 5.26. The Hall–Kier alpha value is -4.19. The number of pyridine rings is 1. The largest absolute Gasteiger partial charge is 0.350 e. The third-order valence-electron chi connectivity index (χ3n) is 6.08. The molecule has 2 heterocycles. The van der Waals surface area contributed by atoms with Gasteiger partial charge in [-0.25, -0.2) is 4.68 Å². The molecule has 0 radical (unpaired) electrons. The fraction of sp³-hybridized carbons (Fsp3) is 0.148. The van der Waals surface area contributed by atoms with Crippen LogP contribution in [-0.4, -0.2) is 20.3 Å². The van der Waals surface area contributed by atoms with Crippen molar-refractivity contribution < 1.29 is 4.79 Å². The van der Waals surface area contributed by atoms with Gasteiger partial charge in [0, 0.05) is 28.6 Å². The lowest BCUT2D eigenvalue weighted by molar-refractivity contribution is -0.121. The average molecular weight is 437 g/mol. The van der Waals surface area contributed by atoms with Gasteiger partial charge in [0.05, 0.1) is 22.4 Å². The first-order valence-electron chi connectivity index (χ1n) is 10.9. The monoisotopic (exact) mass is 436 g/mol. The number of amides is 1. The number of carbonyl (C=O) groups is 1. The van der Waals surface area contributed by atoms with Gasteiger partial charge in [-0.1, -0.05) is 42.5 Å². The molecule has 164 valence electrons. The van der Waals surface area contributed by atoms with Crippen molar-refractivity contribution in [2.75, 3.05) is 0 Å². The highest BCUT2D eigenvalue weighted by Crippen LogP contribution is 2.20. The van der Waals surface area contributed by atoms with Crippen LogP contribution in [-0.2, 0) is 17.9 Å². The first-order chi connectivity index (χ1) is 16.0. The van der Waals surface area contributed by atoms with Crippen molar-refractivity contribution in [2.24, 2.45) is 0 Å². The van der Waals surface area contributed by atoms with E-state index in [1.807, 2.05) is 102 Å². The van der Waals surface area contributed by atoms with E-state index in [1.165, 1.54) is 0 Å². The number of fused-ring (bicyclic) bond motifs is 2. The number of nitrogens with zero attached hydrogens (tertiary/aromatic N) is 3. The quantitative estimate of drug-likeness (QED) is 0.418. The molecule has 0 spiro atoms. The molecule has 0 aliphatic heterocycles. The summed E-state index contributed by atoms with van der Waals surface area (Å²) < 4.78 is 3.81. The Balaban J connectivity index is 1.44. The van der Waals surface area contributed by atoms with Crippen LogP contribution in [0.2, 0.25) is 0 Å². The number of nitrogens with one attached hydrogen (secondary N) is 1. The maximum absolute atomic E-state index is 13.0. The summed E-state index contributed by atoms with van der Waals surface area (Å²) in [6, 6.07) is 24.8. The molecule has 0 aliphatic carbocycles. The lowest BCUT2D eigenvalue weighted by Crippen LogP contribution is -2.28. The topological polar surface area (TPSA) is 68.9 Å². The molecule has 0 bridgehead atoms. The van der Waals surface area contributed by atoms with Gasteiger partial charge in [0.25, 0.3) is 0 Å². The van der Waals surface area contributed by atoms with Crippen molar-refractivity contribution in [2.45, 2.75) is 26.9 Å². The van der Waals surface area contributed by atoms with Gasteiger partial charge < -0.3 is 9.88 Å². The van der Waals surface area contributed by atoms with E-state index >= 15 is 0 Å². The summed E-state index contributed by atoms with van der Waals surface area (Å²) >= 11 is 0. The highest BCUT2D eigenvalue weighted by atomic mass is 16.2. The molecule has 33 heavy (non-hydrogen) atoms. The van der Waals surface area contributed by atoms with Gasteiger partial charge in [0.1, 0.15) is 6.54 Å². The van der Waals surface area contributed by atoms with Gasteiger partial charge in [-0.2, -0.15) is 5.10 Å². The van der Waals surface area contributed by atoms with Crippen molar-refractivity contribution in [3.63, 3.8) is 0 Å². The maximum atomic E-state index is 13.0. The molecular weight excluding hydrogens is 412 g/mol. The van der Waals surface area contributed by atoms with E-state index in [9.17, 15) is 9.59 Å². The van der Waals surface area contributed by atoms with Crippen LogP contribution >= 0.6 is 0 Å². The number of benzene rings is 3. The van der Waals surface area contributed by atoms with Gasteiger partial charge in [0.15, 0.2) is 5.43 Å². The lowest BCUT2D eigenvalue weighted by Gasteiger charge is -2.15. The van der Waals surface area contributed by atoms with E-state index in [2.05, 4.69) is 10.4 Å². The number of aromatic nitrogens is 3. The molecule has 1 N–H and O–H groups in total. The highest BCUT2D eigenvalue weighted by molar-refractivity contribution is 5.94. The molecule has 6 heteroatoms. The molecule has 0 atom stereocenters. The van der Waals surface area contributed by atoms with Gasteiger partial charge in [0.2, 0.25) is 5.91 Å². The predicted molar refractivity (Wildman–Crippen MR) is 131 cm³/mol. The van der Waals surface area contributed by atoms with Crippen molar-refractivity contribution >= 4 is 27.7 Å². The standard InChI is InChI=1S/C27H24N4O2/c1-18-23(19(2)31(29-18)20-10-4-3-5-11-20)16-28-26(32)17-30-24-14-8-6-12-21(24)27(33)22-13-7-9-15-25(22)30/h3-15H,16-17H2,1-2H3,(H,28,32). The van der Waals surface area contributed by atoms with E-state index in [4.69, 9.17) is 0 Å². The summed E-state index contributed by atoms with van der Waals surface area (Å²) in [5.74, 6) is -0.125. The smallest absolute Gasteiger partial charge is 0.240 e. The second kappa shape index (κ2) is 8.39. The number of para-hydroxylation sites is 3. The molecular formula is C27H24N4O2.